The highest BCUT2D eigenvalue weighted by molar-refractivity contribution is 6.01. The van der Waals surface area contributed by atoms with E-state index in [0.29, 0.717) is 28.1 Å². The lowest BCUT2D eigenvalue weighted by Crippen LogP contribution is -2.33. The summed E-state index contributed by atoms with van der Waals surface area (Å²) in [5.74, 6) is 0.740. The van der Waals surface area contributed by atoms with Gasteiger partial charge < -0.3 is 9.73 Å². The lowest BCUT2D eigenvalue weighted by Gasteiger charge is -2.23. The molecular formula is C22H28N4O3. The highest BCUT2D eigenvalue weighted by atomic mass is 16.4. The molecule has 1 aromatic carbocycles. The number of furan rings is 1. The average Bonchev–Trinajstić information content (AvgIpc) is 3.02. The molecule has 154 valence electrons. The molecule has 0 aliphatic rings. The van der Waals surface area contributed by atoms with Gasteiger partial charge in [0.15, 0.2) is 0 Å². The molecule has 29 heavy (non-hydrogen) atoms. The van der Waals surface area contributed by atoms with Gasteiger partial charge in [0.2, 0.25) is 11.8 Å². The predicted octanol–water partition coefficient (Wildman–Crippen LogP) is 3.62. The lowest BCUT2D eigenvalue weighted by atomic mass is 9.95. The Labute approximate surface area is 169 Å². The number of anilines is 1. The van der Waals surface area contributed by atoms with Crippen molar-refractivity contribution in [3.05, 3.63) is 57.2 Å². The van der Waals surface area contributed by atoms with Gasteiger partial charge in [-0.25, -0.2) is 5.10 Å². The SMILES string of the molecule is CCc1ccc([C@@H](NCC(=O)Nc2oc(C)c3c(C)n[nH]c(=O)c23)C(C)C)cc1. The number of amides is 1. The molecule has 0 unspecified atom stereocenters. The third-order valence-corrected chi connectivity index (χ3v) is 5.15. The van der Waals surface area contributed by atoms with Crippen LogP contribution in [0.1, 0.15) is 49.4 Å². The van der Waals surface area contributed by atoms with Crippen molar-refractivity contribution in [2.45, 2.75) is 47.1 Å². The minimum Gasteiger partial charge on any atom is -0.444 e. The smallest absolute Gasteiger partial charge is 0.277 e. The van der Waals surface area contributed by atoms with Crippen LogP contribution in [0.4, 0.5) is 5.88 Å². The summed E-state index contributed by atoms with van der Waals surface area (Å²) in [5, 5.41) is 13.4. The summed E-state index contributed by atoms with van der Waals surface area (Å²) >= 11 is 0. The van der Waals surface area contributed by atoms with Gasteiger partial charge in [-0.1, -0.05) is 45.0 Å². The van der Waals surface area contributed by atoms with Crippen LogP contribution in [0.25, 0.3) is 10.8 Å². The fraction of sp³-hybridized carbons (Fsp3) is 0.409. The van der Waals surface area contributed by atoms with E-state index < -0.39 is 0 Å². The number of carbonyl (C=O) groups excluding carboxylic acids is 1. The Bertz CT molecular complexity index is 1060. The number of aryl methyl sites for hydroxylation is 3. The molecule has 2 heterocycles. The molecule has 0 bridgehead atoms. The quantitative estimate of drug-likeness (QED) is 0.566. The molecule has 0 spiro atoms. The highest BCUT2D eigenvalue weighted by Gasteiger charge is 2.20. The van der Waals surface area contributed by atoms with Gasteiger partial charge in [0.1, 0.15) is 11.1 Å². The largest absolute Gasteiger partial charge is 0.444 e. The number of rotatable bonds is 7. The Kier molecular flexibility index (Phi) is 6.17. The second kappa shape index (κ2) is 8.61. The van der Waals surface area contributed by atoms with Crippen molar-refractivity contribution in [2.75, 3.05) is 11.9 Å². The summed E-state index contributed by atoms with van der Waals surface area (Å²) < 4.78 is 5.64. The first-order valence-corrected chi connectivity index (χ1v) is 9.92. The lowest BCUT2D eigenvalue weighted by molar-refractivity contribution is -0.115. The van der Waals surface area contributed by atoms with E-state index in [0.717, 1.165) is 12.0 Å². The zero-order chi connectivity index (χ0) is 21.1. The Morgan fingerprint density at radius 2 is 1.86 bits per heavy atom. The van der Waals surface area contributed by atoms with E-state index in [1.165, 1.54) is 5.56 Å². The van der Waals surface area contributed by atoms with Gasteiger partial charge in [-0.2, -0.15) is 5.10 Å². The van der Waals surface area contributed by atoms with Crippen LogP contribution >= 0.6 is 0 Å². The Morgan fingerprint density at radius 3 is 2.48 bits per heavy atom. The van der Waals surface area contributed by atoms with Crippen LogP contribution < -0.4 is 16.2 Å². The Hall–Kier alpha value is -2.93. The van der Waals surface area contributed by atoms with Crippen molar-refractivity contribution in [3.8, 4) is 0 Å². The average molecular weight is 396 g/mol. The van der Waals surface area contributed by atoms with E-state index in [2.05, 4.69) is 65.9 Å². The first-order valence-electron chi connectivity index (χ1n) is 9.92. The van der Waals surface area contributed by atoms with Crippen LogP contribution in [0.15, 0.2) is 33.5 Å². The molecule has 0 aliphatic carbocycles. The molecule has 0 saturated heterocycles. The standard InChI is InChI=1S/C22H28N4O3/c1-6-15-7-9-16(10-8-15)20(12(2)3)23-11-17(27)24-22-19-18(14(5)29-22)13(4)25-26-21(19)28/h7-10,12,20,23H,6,11H2,1-5H3,(H,24,27)(H,26,28)/t20-/m0/s1. The van der Waals surface area contributed by atoms with E-state index in [1.54, 1.807) is 13.8 Å². The molecule has 0 saturated carbocycles. The third-order valence-electron chi connectivity index (χ3n) is 5.15. The zero-order valence-electron chi connectivity index (χ0n) is 17.6. The van der Waals surface area contributed by atoms with E-state index in [-0.39, 0.29) is 29.9 Å². The number of fused-ring (bicyclic) bond motifs is 1. The molecule has 7 nitrogen and oxygen atoms in total. The minimum atomic E-state index is -0.387. The number of aromatic nitrogens is 2. The second-order valence-corrected chi connectivity index (χ2v) is 7.62. The Morgan fingerprint density at radius 1 is 1.17 bits per heavy atom. The zero-order valence-corrected chi connectivity index (χ0v) is 17.6. The van der Waals surface area contributed by atoms with Gasteiger partial charge in [0.05, 0.1) is 17.6 Å². The summed E-state index contributed by atoms with van der Waals surface area (Å²) in [6.45, 7) is 9.98. The van der Waals surface area contributed by atoms with Crippen LogP contribution in [0.2, 0.25) is 0 Å². The fourth-order valence-electron chi connectivity index (χ4n) is 3.60. The maximum atomic E-state index is 12.6. The summed E-state index contributed by atoms with van der Waals surface area (Å²) in [6, 6.07) is 8.48. The monoisotopic (exact) mass is 396 g/mol. The van der Waals surface area contributed by atoms with Crippen LogP contribution in [-0.4, -0.2) is 22.6 Å². The summed E-state index contributed by atoms with van der Waals surface area (Å²) in [4.78, 5) is 24.8. The highest BCUT2D eigenvalue weighted by Crippen LogP contribution is 2.28. The first-order chi connectivity index (χ1) is 13.8. The van der Waals surface area contributed by atoms with Gasteiger partial charge in [-0.3, -0.25) is 14.9 Å². The molecule has 0 radical (unpaired) electrons. The van der Waals surface area contributed by atoms with Gasteiger partial charge in [0, 0.05) is 6.04 Å². The van der Waals surface area contributed by atoms with Crippen molar-refractivity contribution < 1.29 is 9.21 Å². The maximum Gasteiger partial charge on any atom is 0.277 e. The number of nitrogens with one attached hydrogen (secondary N) is 3. The minimum absolute atomic E-state index is 0.0385. The summed E-state index contributed by atoms with van der Waals surface area (Å²) in [7, 11) is 0. The number of carbonyl (C=O) groups is 1. The van der Waals surface area contributed by atoms with Crippen molar-refractivity contribution in [1.82, 2.24) is 15.5 Å². The van der Waals surface area contributed by atoms with Crippen LogP contribution in [0.5, 0.6) is 0 Å². The van der Waals surface area contributed by atoms with E-state index in [4.69, 9.17) is 4.42 Å². The Balaban J connectivity index is 1.74. The number of hydrogen-bond acceptors (Lipinski definition) is 5. The fourth-order valence-corrected chi connectivity index (χ4v) is 3.60. The molecule has 3 aromatic rings. The van der Waals surface area contributed by atoms with E-state index >= 15 is 0 Å². The first kappa shape index (κ1) is 20.8. The number of H-pyrrole nitrogens is 1. The van der Waals surface area contributed by atoms with Crippen molar-refractivity contribution in [1.29, 1.82) is 0 Å². The molecule has 3 rings (SSSR count). The van der Waals surface area contributed by atoms with Gasteiger partial charge in [0.25, 0.3) is 5.56 Å². The molecule has 0 fully saturated rings. The predicted molar refractivity (Wildman–Crippen MR) is 114 cm³/mol. The normalized spacial score (nSPS) is 12.5. The maximum absolute atomic E-state index is 12.6. The van der Waals surface area contributed by atoms with E-state index in [9.17, 15) is 9.59 Å². The van der Waals surface area contributed by atoms with Crippen LogP contribution in [0.3, 0.4) is 0 Å². The number of hydrogen-bond donors (Lipinski definition) is 3. The van der Waals surface area contributed by atoms with Crippen molar-refractivity contribution >= 4 is 22.6 Å². The molecule has 3 N–H and O–H groups in total. The third kappa shape index (κ3) is 4.40. The summed E-state index contributed by atoms with van der Waals surface area (Å²) in [6.07, 6.45) is 0.993. The molecule has 1 amide bonds. The molecule has 7 heteroatoms. The molecular weight excluding hydrogens is 368 g/mol. The number of aromatic amines is 1. The van der Waals surface area contributed by atoms with Gasteiger partial charge >= 0.3 is 0 Å². The second-order valence-electron chi connectivity index (χ2n) is 7.62. The van der Waals surface area contributed by atoms with Gasteiger partial charge in [-0.15, -0.1) is 0 Å². The molecule has 0 aliphatic heterocycles. The van der Waals surface area contributed by atoms with E-state index in [1.807, 2.05) is 0 Å². The number of benzene rings is 1. The molecule has 1 atom stereocenters. The van der Waals surface area contributed by atoms with Gasteiger partial charge in [-0.05, 0) is 37.3 Å². The number of nitrogens with zero attached hydrogens (tertiary/aromatic N) is 1. The topological polar surface area (TPSA) is 100 Å². The van der Waals surface area contributed by atoms with Crippen molar-refractivity contribution in [2.24, 2.45) is 5.92 Å². The summed E-state index contributed by atoms with van der Waals surface area (Å²) in [5.41, 5.74) is 2.68. The van der Waals surface area contributed by atoms with Crippen LogP contribution in [0, 0.1) is 19.8 Å². The molecule has 2 aromatic heterocycles. The van der Waals surface area contributed by atoms with Crippen molar-refractivity contribution in [3.63, 3.8) is 0 Å². The van der Waals surface area contributed by atoms with Crippen LogP contribution in [-0.2, 0) is 11.2 Å².